The van der Waals surface area contributed by atoms with Crippen molar-refractivity contribution in [2.45, 2.75) is 74.5 Å². The Bertz CT molecular complexity index is 1270. The van der Waals surface area contributed by atoms with Gasteiger partial charge in [0.05, 0.1) is 11.5 Å². The largest absolute Gasteiger partial charge is 0.504 e. The van der Waals surface area contributed by atoms with E-state index < -0.39 is 17.1 Å². The second-order valence-electron chi connectivity index (χ2n) is 11.2. The van der Waals surface area contributed by atoms with Crippen LogP contribution in [0.4, 0.5) is 0 Å². The number of ketones is 1. The number of benzene rings is 2. The van der Waals surface area contributed by atoms with Crippen LogP contribution in [0.15, 0.2) is 36.4 Å². The van der Waals surface area contributed by atoms with E-state index >= 15 is 0 Å². The molecule has 36 heavy (non-hydrogen) atoms. The quantitative estimate of drug-likeness (QED) is 0.585. The Kier molecular flexibility index (Phi) is 5.00. The fourth-order valence-corrected chi connectivity index (χ4v) is 7.87. The minimum Gasteiger partial charge on any atom is -0.504 e. The molecule has 5 aliphatic rings. The van der Waals surface area contributed by atoms with E-state index in [4.69, 9.17) is 21.1 Å². The lowest BCUT2D eigenvalue weighted by Crippen LogP contribution is -2.77. The Labute approximate surface area is 215 Å². The number of Topliss-reactive ketones (excluding diaryl/α,β-unsaturated/α-hetero) is 1. The van der Waals surface area contributed by atoms with Crippen molar-refractivity contribution in [2.24, 2.45) is 5.92 Å². The van der Waals surface area contributed by atoms with E-state index in [-0.39, 0.29) is 30.0 Å². The van der Waals surface area contributed by atoms with Crippen LogP contribution in [0.3, 0.4) is 0 Å². The third kappa shape index (κ3) is 3.07. The summed E-state index contributed by atoms with van der Waals surface area (Å²) in [6.07, 6.45) is 4.68. The summed E-state index contributed by atoms with van der Waals surface area (Å²) in [5, 5.41) is 11.4. The van der Waals surface area contributed by atoms with Gasteiger partial charge in [0.1, 0.15) is 5.60 Å². The van der Waals surface area contributed by atoms with Gasteiger partial charge in [-0.3, -0.25) is 14.5 Å². The molecule has 2 heterocycles. The first kappa shape index (κ1) is 22.6. The number of carbonyl (C=O) groups is 2. The van der Waals surface area contributed by atoms with Crippen LogP contribution in [0.1, 0.15) is 55.2 Å². The minimum absolute atomic E-state index is 0.0155. The van der Waals surface area contributed by atoms with Gasteiger partial charge in [-0.2, -0.15) is 0 Å². The van der Waals surface area contributed by atoms with Crippen LogP contribution in [0.5, 0.6) is 11.5 Å². The Balaban J connectivity index is 1.30. The van der Waals surface area contributed by atoms with Crippen LogP contribution in [0, 0.1) is 5.92 Å². The molecule has 0 amide bonds. The number of ether oxygens (including phenoxy) is 2. The van der Waals surface area contributed by atoms with Crippen molar-refractivity contribution in [3.8, 4) is 11.5 Å². The van der Waals surface area contributed by atoms with Crippen molar-refractivity contribution in [3.63, 3.8) is 0 Å². The summed E-state index contributed by atoms with van der Waals surface area (Å²) in [5.41, 5.74) is 1.32. The number of nitrogens with zero attached hydrogens (tertiary/aromatic N) is 1. The van der Waals surface area contributed by atoms with Crippen LogP contribution in [-0.4, -0.2) is 52.6 Å². The van der Waals surface area contributed by atoms with Gasteiger partial charge in [0.15, 0.2) is 23.4 Å². The van der Waals surface area contributed by atoms with E-state index in [2.05, 4.69) is 4.90 Å². The lowest BCUT2D eigenvalue weighted by Gasteiger charge is -2.63. The zero-order valence-corrected chi connectivity index (χ0v) is 20.9. The number of piperidine rings is 1. The van der Waals surface area contributed by atoms with Crippen LogP contribution < -0.4 is 4.74 Å². The molecule has 2 saturated carbocycles. The summed E-state index contributed by atoms with van der Waals surface area (Å²) in [4.78, 5) is 29.4. The zero-order valence-electron chi connectivity index (χ0n) is 20.2. The fourth-order valence-electron chi connectivity index (χ4n) is 7.63. The lowest BCUT2D eigenvalue weighted by molar-refractivity contribution is -0.216. The molecule has 1 spiro atoms. The third-order valence-electron chi connectivity index (χ3n) is 9.37. The molecular weight excluding hydrogens is 478 g/mol. The second kappa shape index (κ2) is 7.96. The summed E-state index contributed by atoms with van der Waals surface area (Å²) in [6.45, 7) is 1.83. The monoisotopic (exact) mass is 507 g/mol. The number of esters is 1. The van der Waals surface area contributed by atoms with Crippen molar-refractivity contribution < 1.29 is 24.2 Å². The van der Waals surface area contributed by atoms with Gasteiger partial charge in [-0.05, 0) is 74.2 Å². The van der Waals surface area contributed by atoms with Gasteiger partial charge in [-0.1, -0.05) is 35.9 Å². The molecular formula is C29H30ClNO5. The summed E-state index contributed by atoms with van der Waals surface area (Å²) < 4.78 is 12.9. The van der Waals surface area contributed by atoms with Crippen molar-refractivity contribution >= 4 is 23.4 Å². The normalized spacial score (nSPS) is 32.1. The number of rotatable bonds is 6. The van der Waals surface area contributed by atoms with Crippen molar-refractivity contribution in [3.05, 3.63) is 58.1 Å². The lowest BCUT2D eigenvalue weighted by atomic mass is 9.48. The molecule has 2 aromatic rings. The maximum Gasteiger partial charge on any atom is 0.306 e. The number of carbonyl (C=O) groups excluding carboxylic acids is 2. The van der Waals surface area contributed by atoms with E-state index in [1.807, 2.05) is 30.3 Å². The van der Waals surface area contributed by atoms with E-state index in [9.17, 15) is 14.7 Å². The van der Waals surface area contributed by atoms with Crippen LogP contribution in [-0.2, 0) is 32.6 Å². The van der Waals surface area contributed by atoms with Gasteiger partial charge < -0.3 is 14.6 Å². The molecule has 3 fully saturated rings. The molecule has 6 nitrogen and oxygen atoms in total. The number of phenolic OH excluding ortho intramolecular Hbond substituents is 1. The number of hydrogen-bond donors (Lipinski definition) is 1. The number of likely N-dealkylation sites (tertiary alicyclic amines) is 1. The second-order valence-corrected chi connectivity index (χ2v) is 11.7. The predicted octanol–water partition coefficient (Wildman–Crippen LogP) is 4.36. The molecule has 1 saturated heterocycles. The van der Waals surface area contributed by atoms with E-state index in [0.29, 0.717) is 42.4 Å². The van der Waals surface area contributed by atoms with Gasteiger partial charge in [-0.25, -0.2) is 0 Å². The Morgan fingerprint density at radius 2 is 2.03 bits per heavy atom. The molecule has 0 radical (unpaired) electrons. The highest BCUT2D eigenvalue weighted by atomic mass is 35.5. The first-order chi connectivity index (χ1) is 17.4. The average Bonchev–Trinajstić information content (AvgIpc) is 3.60. The third-order valence-corrected chi connectivity index (χ3v) is 9.74. The molecule has 1 N–H and O–H groups in total. The van der Waals surface area contributed by atoms with Crippen LogP contribution in [0.2, 0.25) is 5.02 Å². The highest BCUT2D eigenvalue weighted by Gasteiger charge is 2.75. The number of halogens is 1. The molecule has 188 valence electrons. The smallest absolute Gasteiger partial charge is 0.306 e. The van der Waals surface area contributed by atoms with Crippen molar-refractivity contribution in [2.75, 3.05) is 13.1 Å². The highest BCUT2D eigenvalue weighted by molar-refractivity contribution is 6.31. The number of hydrogen-bond acceptors (Lipinski definition) is 6. The van der Waals surface area contributed by atoms with Crippen LogP contribution >= 0.6 is 11.6 Å². The standard InChI is InChI=1S/C29H30ClNO5/c30-20-4-2-1-3-18(20)8-10-24(34)36-29-12-11-22(33)27-28(29)13-14-31(16-17-5-6-17)23(29)15-19-7-9-21(32)26(35-27)25(19)28/h1-4,7,9,17,23,27,32H,5-6,8,10-16H2/t23?,27-,28-,29+/m0/s1. The molecule has 4 atom stereocenters. The molecule has 2 aromatic carbocycles. The topological polar surface area (TPSA) is 76.1 Å². The van der Waals surface area contributed by atoms with Gasteiger partial charge >= 0.3 is 5.97 Å². The Morgan fingerprint density at radius 3 is 2.83 bits per heavy atom. The summed E-state index contributed by atoms with van der Waals surface area (Å²) >= 11 is 6.34. The minimum atomic E-state index is -0.859. The maximum absolute atomic E-state index is 13.5. The molecule has 7 heteroatoms. The number of aryl methyl sites for hydroxylation is 1. The molecule has 1 unspecified atom stereocenters. The summed E-state index contributed by atoms with van der Waals surface area (Å²) in [6, 6.07) is 11.2. The van der Waals surface area contributed by atoms with Gasteiger partial charge in [0.2, 0.25) is 0 Å². The Morgan fingerprint density at radius 1 is 1.19 bits per heavy atom. The molecule has 2 bridgehead atoms. The van der Waals surface area contributed by atoms with E-state index in [1.54, 1.807) is 6.07 Å². The molecule has 2 aliphatic heterocycles. The Hall–Kier alpha value is -2.57. The molecule has 0 aromatic heterocycles. The van der Waals surface area contributed by atoms with E-state index in [1.165, 1.54) is 12.8 Å². The van der Waals surface area contributed by atoms with E-state index in [0.717, 1.165) is 36.2 Å². The first-order valence-corrected chi connectivity index (χ1v) is 13.5. The van der Waals surface area contributed by atoms with Gasteiger partial charge in [-0.15, -0.1) is 0 Å². The first-order valence-electron chi connectivity index (χ1n) is 13.2. The number of phenols is 1. The number of aromatic hydroxyl groups is 1. The fraction of sp³-hybridized carbons (Fsp3) is 0.517. The summed E-state index contributed by atoms with van der Waals surface area (Å²) in [7, 11) is 0. The zero-order chi connectivity index (χ0) is 24.7. The van der Waals surface area contributed by atoms with Crippen molar-refractivity contribution in [1.82, 2.24) is 4.90 Å². The maximum atomic E-state index is 13.5. The SMILES string of the molecule is O=C(CCc1ccccc1Cl)O[C@@]12CCC(=O)[C@@H]3Oc4c(O)ccc5c4[C@@]31CCN(CC1CC1)C2C5. The molecule has 7 rings (SSSR count). The highest BCUT2D eigenvalue weighted by Crippen LogP contribution is 2.66. The van der Waals surface area contributed by atoms with Gasteiger partial charge in [0.25, 0.3) is 0 Å². The van der Waals surface area contributed by atoms with Crippen molar-refractivity contribution in [1.29, 1.82) is 0 Å². The molecule has 3 aliphatic carbocycles. The summed E-state index contributed by atoms with van der Waals surface area (Å²) in [5.74, 6) is 0.944. The van der Waals surface area contributed by atoms with Gasteiger partial charge in [0, 0.05) is 30.0 Å². The average molecular weight is 508 g/mol. The van der Waals surface area contributed by atoms with Crippen LogP contribution in [0.25, 0.3) is 0 Å². The predicted molar refractivity (Wildman–Crippen MR) is 133 cm³/mol.